The maximum absolute atomic E-state index is 14.1. The van der Waals surface area contributed by atoms with Gasteiger partial charge in [0.25, 0.3) is 0 Å². The smallest absolute Gasteiger partial charge is 0.201 e. The molecular formula is C16H19F3O. The number of allylic oxidation sites excluding steroid dienone is 1. The molecular weight excluding hydrogens is 265 g/mol. The fourth-order valence-corrected chi connectivity index (χ4v) is 2.62. The van der Waals surface area contributed by atoms with Gasteiger partial charge in [-0.2, -0.15) is 4.39 Å². The number of hydrogen-bond acceptors (Lipinski definition) is 1. The van der Waals surface area contributed by atoms with E-state index in [0.29, 0.717) is 5.92 Å². The number of halogens is 3. The van der Waals surface area contributed by atoms with Crippen molar-refractivity contribution in [2.24, 2.45) is 11.8 Å². The van der Waals surface area contributed by atoms with Gasteiger partial charge in [-0.05, 0) is 42.9 Å². The Morgan fingerprint density at radius 2 is 1.80 bits per heavy atom. The van der Waals surface area contributed by atoms with Crippen LogP contribution in [0.3, 0.4) is 0 Å². The fourth-order valence-electron chi connectivity index (χ4n) is 2.62. The van der Waals surface area contributed by atoms with Crippen LogP contribution >= 0.6 is 0 Å². The Morgan fingerprint density at radius 1 is 1.15 bits per heavy atom. The summed E-state index contributed by atoms with van der Waals surface area (Å²) in [5.41, 5.74) is -0.332. The fraction of sp³-hybridized carbons (Fsp3) is 0.500. The van der Waals surface area contributed by atoms with Crippen LogP contribution in [0.15, 0.2) is 18.2 Å². The van der Waals surface area contributed by atoms with E-state index >= 15 is 0 Å². The van der Waals surface area contributed by atoms with E-state index in [1.54, 1.807) is 0 Å². The highest BCUT2D eigenvalue weighted by atomic mass is 19.2. The third-order valence-electron chi connectivity index (χ3n) is 3.97. The topological polar surface area (TPSA) is 9.23 Å². The van der Waals surface area contributed by atoms with Crippen molar-refractivity contribution < 1.29 is 17.9 Å². The minimum atomic E-state index is -1.19. The van der Waals surface area contributed by atoms with Gasteiger partial charge in [0.1, 0.15) is 5.83 Å². The van der Waals surface area contributed by atoms with Gasteiger partial charge in [0.05, 0.1) is 7.11 Å². The molecule has 0 aliphatic heterocycles. The molecule has 1 aliphatic carbocycles. The zero-order valence-electron chi connectivity index (χ0n) is 11.8. The Labute approximate surface area is 117 Å². The molecule has 0 saturated heterocycles. The van der Waals surface area contributed by atoms with E-state index in [1.165, 1.54) is 25.3 Å². The first kappa shape index (κ1) is 14.9. The second-order valence-corrected chi connectivity index (χ2v) is 5.48. The Morgan fingerprint density at radius 3 is 2.40 bits per heavy atom. The molecule has 2 rings (SSSR count). The van der Waals surface area contributed by atoms with Crippen LogP contribution in [-0.4, -0.2) is 7.11 Å². The molecule has 1 aliphatic rings. The molecule has 1 aromatic rings. The summed E-state index contributed by atoms with van der Waals surface area (Å²) in [5, 5.41) is 0. The van der Waals surface area contributed by atoms with Crippen molar-refractivity contribution in [2.45, 2.75) is 32.6 Å². The van der Waals surface area contributed by atoms with Crippen LogP contribution in [0.25, 0.3) is 5.83 Å². The second kappa shape index (κ2) is 6.33. The van der Waals surface area contributed by atoms with Gasteiger partial charge >= 0.3 is 0 Å². The van der Waals surface area contributed by atoms with Crippen molar-refractivity contribution in [2.75, 3.05) is 7.11 Å². The third kappa shape index (κ3) is 3.17. The van der Waals surface area contributed by atoms with Crippen LogP contribution in [0.4, 0.5) is 13.2 Å². The van der Waals surface area contributed by atoms with E-state index in [9.17, 15) is 13.2 Å². The first-order valence-electron chi connectivity index (χ1n) is 6.92. The summed E-state index contributed by atoms with van der Waals surface area (Å²) in [6, 6.07) is 2.46. The minimum absolute atomic E-state index is 0.107. The van der Waals surface area contributed by atoms with Crippen molar-refractivity contribution in [3.05, 3.63) is 35.4 Å². The minimum Gasteiger partial charge on any atom is -0.494 e. The molecule has 0 aromatic heterocycles. The van der Waals surface area contributed by atoms with Crippen LogP contribution in [-0.2, 0) is 0 Å². The quantitative estimate of drug-likeness (QED) is 0.749. The highest BCUT2D eigenvalue weighted by Crippen LogP contribution is 2.33. The molecule has 0 heterocycles. The summed E-state index contributed by atoms with van der Waals surface area (Å²) in [6.07, 6.45) is 5.32. The number of methoxy groups -OCH3 is 1. The molecule has 20 heavy (non-hydrogen) atoms. The summed E-state index contributed by atoms with van der Waals surface area (Å²) in [7, 11) is 1.24. The highest BCUT2D eigenvalue weighted by molar-refractivity contribution is 5.61. The van der Waals surface area contributed by atoms with Crippen molar-refractivity contribution in [1.29, 1.82) is 0 Å². The van der Waals surface area contributed by atoms with E-state index in [4.69, 9.17) is 0 Å². The van der Waals surface area contributed by atoms with Gasteiger partial charge in [0.2, 0.25) is 5.82 Å². The Bertz CT molecular complexity index is 503. The SMILES string of the molecule is COc1ccc(/C(F)=C/C2CCC(C)CC2)c(F)c1F. The third-order valence-corrected chi connectivity index (χ3v) is 3.97. The number of rotatable bonds is 3. The summed E-state index contributed by atoms with van der Waals surface area (Å²) < 4.78 is 46.1. The van der Waals surface area contributed by atoms with Crippen molar-refractivity contribution in [3.63, 3.8) is 0 Å². The van der Waals surface area contributed by atoms with E-state index < -0.39 is 17.5 Å². The lowest BCUT2D eigenvalue weighted by atomic mass is 9.82. The summed E-state index contributed by atoms with van der Waals surface area (Å²) in [4.78, 5) is 0. The first-order chi connectivity index (χ1) is 9.52. The van der Waals surface area contributed by atoms with Crippen LogP contribution in [0.1, 0.15) is 38.2 Å². The summed E-state index contributed by atoms with van der Waals surface area (Å²) in [5.74, 6) is -2.48. The number of benzene rings is 1. The van der Waals surface area contributed by atoms with Gasteiger partial charge in [-0.1, -0.05) is 19.8 Å². The average Bonchev–Trinajstić information content (AvgIpc) is 2.44. The van der Waals surface area contributed by atoms with Crippen molar-refractivity contribution >= 4 is 5.83 Å². The van der Waals surface area contributed by atoms with Crippen molar-refractivity contribution in [3.8, 4) is 5.75 Å². The summed E-state index contributed by atoms with van der Waals surface area (Å²) >= 11 is 0. The van der Waals surface area contributed by atoms with Gasteiger partial charge in [0, 0.05) is 5.56 Å². The van der Waals surface area contributed by atoms with E-state index in [0.717, 1.165) is 25.7 Å². The van der Waals surface area contributed by atoms with Crippen LogP contribution in [0.5, 0.6) is 5.75 Å². The Hall–Kier alpha value is -1.45. The Kier molecular flexibility index (Phi) is 4.73. The average molecular weight is 284 g/mol. The Balaban J connectivity index is 2.20. The predicted octanol–water partition coefficient (Wildman–Crippen LogP) is 5.11. The van der Waals surface area contributed by atoms with Crippen LogP contribution in [0.2, 0.25) is 0 Å². The monoisotopic (exact) mass is 284 g/mol. The molecule has 0 spiro atoms. The van der Waals surface area contributed by atoms with Gasteiger partial charge in [-0.15, -0.1) is 0 Å². The molecule has 1 nitrogen and oxygen atoms in total. The molecule has 0 bridgehead atoms. The van der Waals surface area contributed by atoms with Gasteiger partial charge in [-0.25, -0.2) is 8.78 Å². The molecule has 110 valence electrons. The molecule has 0 radical (unpaired) electrons. The largest absolute Gasteiger partial charge is 0.494 e. The van der Waals surface area contributed by atoms with E-state index in [-0.39, 0.29) is 17.2 Å². The maximum Gasteiger partial charge on any atom is 0.201 e. The molecule has 0 N–H and O–H groups in total. The van der Waals surface area contributed by atoms with Gasteiger partial charge in [0.15, 0.2) is 11.6 Å². The summed E-state index contributed by atoms with van der Waals surface area (Å²) in [6.45, 7) is 2.18. The van der Waals surface area contributed by atoms with E-state index in [2.05, 4.69) is 11.7 Å². The van der Waals surface area contributed by atoms with Crippen molar-refractivity contribution in [1.82, 2.24) is 0 Å². The van der Waals surface area contributed by atoms with Gasteiger partial charge in [-0.3, -0.25) is 0 Å². The lowest BCUT2D eigenvalue weighted by Crippen LogP contribution is -2.10. The van der Waals surface area contributed by atoms with Gasteiger partial charge < -0.3 is 4.74 Å². The first-order valence-corrected chi connectivity index (χ1v) is 6.92. The lowest BCUT2D eigenvalue weighted by molar-refractivity contribution is 0.329. The zero-order chi connectivity index (χ0) is 14.7. The standard InChI is InChI=1S/C16H19F3O/c1-10-3-5-11(6-4-10)9-13(17)12-7-8-14(20-2)16(19)15(12)18/h7-11H,3-6H2,1-2H3/b13-9-. The highest BCUT2D eigenvalue weighted by Gasteiger charge is 2.20. The molecule has 0 unspecified atom stereocenters. The van der Waals surface area contributed by atoms with Crippen LogP contribution in [0, 0.1) is 23.5 Å². The predicted molar refractivity (Wildman–Crippen MR) is 73.1 cm³/mol. The maximum atomic E-state index is 14.1. The molecule has 0 atom stereocenters. The van der Waals surface area contributed by atoms with Crippen LogP contribution < -0.4 is 4.74 Å². The molecule has 1 saturated carbocycles. The normalized spacial score (nSPS) is 23.8. The lowest BCUT2D eigenvalue weighted by Gasteiger charge is -2.23. The number of ether oxygens (including phenoxy) is 1. The number of hydrogen-bond donors (Lipinski definition) is 0. The molecule has 1 aromatic carbocycles. The van der Waals surface area contributed by atoms with E-state index in [1.807, 2.05) is 0 Å². The molecule has 4 heteroatoms. The second-order valence-electron chi connectivity index (χ2n) is 5.48. The zero-order valence-corrected chi connectivity index (χ0v) is 11.8. The molecule has 1 fully saturated rings. The molecule has 0 amide bonds.